The summed E-state index contributed by atoms with van der Waals surface area (Å²) in [5, 5.41) is 9.88. The third-order valence-electron chi connectivity index (χ3n) is 11.2. The van der Waals surface area contributed by atoms with Gasteiger partial charge in [-0.05, 0) is 138 Å². The normalized spacial score (nSPS) is 14.3. The molecular formula is C48H40B2Br2O4. The molecule has 0 radical (unpaired) electrons. The second kappa shape index (κ2) is 15.6. The van der Waals surface area contributed by atoms with Crippen LogP contribution in [0.2, 0.25) is 0 Å². The van der Waals surface area contributed by atoms with E-state index in [1.54, 1.807) is 0 Å². The minimum atomic E-state index is -0.301. The van der Waals surface area contributed by atoms with E-state index < -0.39 is 0 Å². The molecule has 0 spiro atoms. The number of hydrogen-bond acceptors (Lipinski definition) is 4. The van der Waals surface area contributed by atoms with Crippen LogP contribution in [0.15, 0.2) is 130 Å². The second-order valence-corrected chi connectivity index (χ2v) is 16.5. The minimum Gasteiger partial charge on any atom is -0.405 e. The van der Waals surface area contributed by atoms with Crippen molar-refractivity contribution in [2.75, 3.05) is 26.4 Å². The standard InChI is InChI=1S/C26H24B2O4.C22H16Br2/c1-17-15-23(27-29-11-12-30-27)19-7-3-5-9-21(19)25(17)26-18(2)16-24(28-31-13-14-32-28)20-8-4-6-10-22(20)26;1-13-11-19(23)15-7-3-5-9-17(15)21(13)22-14(2)12-20(24)16-8-4-6-10-18(16)22/h3-10,15-16H,11-14H2,1-2H3;3-12H,1-2H3. The SMILES string of the molecule is Cc1cc(B2OCCO2)c2ccccc2c1-c1c(C)cc(B2OCCO2)c2ccccc12.Cc1cc(Br)c2ccccc2c1-c1c(C)cc(Br)c2ccccc12. The van der Waals surface area contributed by atoms with Crippen LogP contribution in [-0.2, 0) is 18.6 Å². The smallest absolute Gasteiger partial charge is 0.405 e. The highest BCUT2D eigenvalue weighted by atomic mass is 79.9. The fraction of sp³-hybridized carbons (Fsp3) is 0.167. The Balaban J connectivity index is 0.000000153. The summed E-state index contributed by atoms with van der Waals surface area (Å²) in [4.78, 5) is 0. The van der Waals surface area contributed by atoms with Gasteiger partial charge >= 0.3 is 14.2 Å². The predicted molar refractivity (Wildman–Crippen MR) is 243 cm³/mol. The monoisotopic (exact) mass is 860 g/mol. The van der Waals surface area contributed by atoms with E-state index in [9.17, 15) is 0 Å². The van der Waals surface area contributed by atoms with Gasteiger partial charge in [-0.25, -0.2) is 0 Å². The molecule has 0 saturated carbocycles. The zero-order valence-electron chi connectivity index (χ0n) is 31.9. The fourth-order valence-electron chi connectivity index (χ4n) is 8.81. The van der Waals surface area contributed by atoms with E-state index in [0.29, 0.717) is 26.4 Å². The van der Waals surface area contributed by atoms with Crippen LogP contribution in [0.1, 0.15) is 22.3 Å². The lowest BCUT2D eigenvalue weighted by molar-refractivity contribution is 0.365. The van der Waals surface area contributed by atoms with Gasteiger partial charge in [0.1, 0.15) is 0 Å². The van der Waals surface area contributed by atoms with Gasteiger partial charge in [0, 0.05) is 8.95 Å². The maximum absolute atomic E-state index is 5.86. The number of halogens is 2. The van der Waals surface area contributed by atoms with Gasteiger partial charge < -0.3 is 18.6 Å². The third-order valence-corrected chi connectivity index (χ3v) is 12.5. The van der Waals surface area contributed by atoms with Crippen molar-refractivity contribution in [2.45, 2.75) is 27.7 Å². The molecular weight excluding hydrogens is 822 g/mol. The van der Waals surface area contributed by atoms with E-state index in [4.69, 9.17) is 18.6 Å². The zero-order chi connectivity index (χ0) is 38.5. The molecule has 8 aromatic carbocycles. The van der Waals surface area contributed by atoms with Crippen molar-refractivity contribution in [3.8, 4) is 22.3 Å². The molecule has 56 heavy (non-hydrogen) atoms. The van der Waals surface area contributed by atoms with E-state index in [0.717, 1.165) is 19.9 Å². The quantitative estimate of drug-likeness (QED) is 0.165. The van der Waals surface area contributed by atoms with Crippen LogP contribution < -0.4 is 10.9 Å². The van der Waals surface area contributed by atoms with Crippen LogP contribution in [-0.4, -0.2) is 40.7 Å². The Kier molecular flexibility index (Phi) is 10.4. The summed E-state index contributed by atoms with van der Waals surface area (Å²) in [7, 11) is -0.603. The van der Waals surface area contributed by atoms with Crippen LogP contribution >= 0.6 is 31.9 Å². The first-order valence-electron chi connectivity index (χ1n) is 19.2. The lowest BCUT2D eigenvalue weighted by Gasteiger charge is -2.21. The van der Waals surface area contributed by atoms with Crippen LogP contribution in [0.5, 0.6) is 0 Å². The van der Waals surface area contributed by atoms with Gasteiger partial charge in [0.2, 0.25) is 0 Å². The summed E-state index contributed by atoms with van der Waals surface area (Å²) >= 11 is 7.45. The first kappa shape index (κ1) is 37.3. The van der Waals surface area contributed by atoms with E-state index in [2.05, 4.69) is 181 Å². The van der Waals surface area contributed by atoms with Crippen molar-refractivity contribution < 1.29 is 18.6 Å². The van der Waals surface area contributed by atoms with Gasteiger partial charge in [0.25, 0.3) is 0 Å². The second-order valence-electron chi connectivity index (χ2n) is 14.7. The summed E-state index contributed by atoms with van der Waals surface area (Å²) in [6.07, 6.45) is 0. The molecule has 0 bridgehead atoms. The van der Waals surface area contributed by atoms with Gasteiger partial charge in [-0.1, -0.05) is 141 Å². The maximum Gasteiger partial charge on any atom is 0.494 e. The highest BCUT2D eigenvalue weighted by Crippen LogP contribution is 2.43. The van der Waals surface area contributed by atoms with E-state index >= 15 is 0 Å². The average Bonchev–Trinajstić information content (AvgIpc) is 3.96. The first-order chi connectivity index (χ1) is 27.3. The Labute approximate surface area is 345 Å². The van der Waals surface area contributed by atoms with Crippen molar-refractivity contribution in [1.82, 2.24) is 0 Å². The number of hydrogen-bond donors (Lipinski definition) is 0. The molecule has 2 saturated heterocycles. The number of benzene rings is 8. The van der Waals surface area contributed by atoms with Gasteiger partial charge in [0.15, 0.2) is 0 Å². The summed E-state index contributed by atoms with van der Waals surface area (Å²) < 4.78 is 25.8. The highest BCUT2D eigenvalue weighted by molar-refractivity contribution is 9.11. The number of fused-ring (bicyclic) bond motifs is 4. The molecule has 0 N–H and O–H groups in total. The Morgan fingerprint density at radius 2 is 0.607 bits per heavy atom. The molecule has 0 unspecified atom stereocenters. The lowest BCUT2D eigenvalue weighted by Crippen LogP contribution is -2.33. The molecule has 8 heteroatoms. The highest BCUT2D eigenvalue weighted by Gasteiger charge is 2.32. The van der Waals surface area contributed by atoms with Crippen molar-refractivity contribution in [2.24, 2.45) is 0 Å². The minimum absolute atomic E-state index is 0.301. The third kappa shape index (κ3) is 6.60. The molecule has 2 aliphatic rings. The largest absolute Gasteiger partial charge is 0.494 e. The van der Waals surface area contributed by atoms with Crippen molar-refractivity contribution in [1.29, 1.82) is 0 Å². The molecule has 0 aromatic heterocycles. The summed E-state index contributed by atoms with van der Waals surface area (Å²) in [6, 6.07) is 43.3. The van der Waals surface area contributed by atoms with Crippen LogP contribution in [0.4, 0.5) is 0 Å². The fourth-order valence-corrected chi connectivity index (χ4v) is 10.2. The van der Waals surface area contributed by atoms with Crippen LogP contribution in [0.3, 0.4) is 0 Å². The topological polar surface area (TPSA) is 36.9 Å². The molecule has 0 amide bonds. The number of aryl methyl sites for hydroxylation is 4. The van der Waals surface area contributed by atoms with Crippen molar-refractivity contribution >= 4 is 100 Å². The van der Waals surface area contributed by atoms with Gasteiger partial charge in [-0.3, -0.25) is 0 Å². The van der Waals surface area contributed by atoms with Gasteiger partial charge in [-0.2, -0.15) is 0 Å². The maximum atomic E-state index is 5.86. The Hall–Kier alpha value is -4.27. The number of rotatable bonds is 4. The Bertz CT molecular complexity index is 2620. The zero-order valence-corrected chi connectivity index (χ0v) is 35.1. The summed E-state index contributed by atoms with van der Waals surface area (Å²) in [6.45, 7) is 11.3. The van der Waals surface area contributed by atoms with Crippen molar-refractivity contribution in [3.05, 3.63) is 153 Å². The molecule has 2 heterocycles. The van der Waals surface area contributed by atoms with Gasteiger partial charge in [0.05, 0.1) is 26.4 Å². The predicted octanol–water partition coefficient (Wildman–Crippen LogP) is 11.6. The molecule has 0 aliphatic carbocycles. The Morgan fingerprint density at radius 3 is 0.929 bits per heavy atom. The van der Waals surface area contributed by atoms with E-state index in [1.807, 2.05) is 0 Å². The van der Waals surface area contributed by atoms with Crippen molar-refractivity contribution in [3.63, 3.8) is 0 Å². The molecule has 8 aromatic rings. The summed E-state index contributed by atoms with van der Waals surface area (Å²) in [5.41, 5.74) is 12.4. The molecule has 276 valence electrons. The lowest BCUT2D eigenvalue weighted by atomic mass is 9.71. The Morgan fingerprint density at radius 1 is 0.357 bits per heavy atom. The molecule has 2 fully saturated rings. The molecule has 10 rings (SSSR count). The van der Waals surface area contributed by atoms with Gasteiger partial charge in [-0.15, -0.1) is 0 Å². The first-order valence-corrected chi connectivity index (χ1v) is 20.8. The molecule has 0 atom stereocenters. The van der Waals surface area contributed by atoms with Crippen LogP contribution in [0, 0.1) is 27.7 Å². The summed E-state index contributed by atoms with van der Waals surface area (Å²) in [5.74, 6) is 0. The molecule has 4 nitrogen and oxygen atoms in total. The average molecular weight is 862 g/mol. The molecule has 2 aliphatic heterocycles. The van der Waals surface area contributed by atoms with Crippen LogP contribution in [0.25, 0.3) is 65.3 Å². The van der Waals surface area contributed by atoms with E-state index in [-0.39, 0.29) is 14.2 Å². The van der Waals surface area contributed by atoms with E-state index in [1.165, 1.54) is 87.6 Å².